The Balaban J connectivity index is 1.85. The van der Waals surface area contributed by atoms with Gasteiger partial charge in [-0.3, -0.25) is 0 Å². The fourth-order valence-electron chi connectivity index (χ4n) is 1.80. The minimum atomic E-state index is 0.671. The van der Waals surface area contributed by atoms with Crippen LogP contribution in [-0.2, 0) is 6.54 Å². The summed E-state index contributed by atoms with van der Waals surface area (Å²) in [4.78, 5) is 17.0. The molecule has 0 radical (unpaired) electrons. The van der Waals surface area contributed by atoms with E-state index in [1.165, 1.54) is 19.2 Å². The second-order valence-electron chi connectivity index (χ2n) is 4.57. The van der Waals surface area contributed by atoms with Crippen LogP contribution in [0.5, 0.6) is 0 Å². The lowest BCUT2D eigenvalue weighted by Gasteiger charge is -2.06. The zero-order chi connectivity index (χ0) is 12.4. The van der Waals surface area contributed by atoms with Gasteiger partial charge < -0.3 is 5.32 Å². The van der Waals surface area contributed by atoms with Gasteiger partial charge in [-0.1, -0.05) is 0 Å². The first-order valence-corrected chi connectivity index (χ1v) is 6.15. The van der Waals surface area contributed by atoms with Crippen LogP contribution in [0.2, 0.25) is 0 Å². The molecule has 0 bridgehead atoms. The molecule has 0 aliphatic heterocycles. The van der Waals surface area contributed by atoms with Crippen molar-refractivity contribution in [2.45, 2.75) is 32.4 Å². The molecule has 3 rings (SSSR count). The topological polar surface area (TPSA) is 63.6 Å². The van der Waals surface area contributed by atoms with Crippen molar-refractivity contribution in [3.63, 3.8) is 0 Å². The summed E-state index contributed by atoms with van der Waals surface area (Å²) in [6, 6.07) is 4.52. The van der Waals surface area contributed by atoms with Crippen LogP contribution in [0.15, 0.2) is 24.7 Å². The highest BCUT2D eigenvalue weighted by Crippen LogP contribution is 2.19. The molecule has 1 fully saturated rings. The molecule has 5 heteroatoms. The second kappa shape index (κ2) is 4.78. The van der Waals surface area contributed by atoms with E-state index in [9.17, 15) is 0 Å². The molecule has 1 aliphatic carbocycles. The maximum Gasteiger partial charge on any atom is 0.178 e. The van der Waals surface area contributed by atoms with Gasteiger partial charge in [-0.15, -0.1) is 0 Å². The molecule has 0 unspecified atom stereocenters. The number of aromatic nitrogens is 4. The summed E-state index contributed by atoms with van der Waals surface area (Å²) >= 11 is 0. The highest BCUT2D eigenvalue weighted by molar-refractivity contribution is 5.48. The fraction of sp³-hybridized carbons (Fsp3) is 0.385. The van der Waals surface area contributed by atoms with E-state index in [2.05, 4.69) is 25.3 Å². The van der Waals surface area contributed by atoms with E-state index in [0.29, 0.717) is 11.9 Å². The van der Waals surface area contributed by atoms with Crippen molar-refractivity contribution in [1.82, 2.24) is 25.3 Å². The van der Waals surface area contributed by atoms with E-state index in [4.69, 9.17) is 0 Å². The molecular weight excluding hydrogens is 226 g/mol. The van der Waals surface area contributed by atoms with Gasteiger partial charge in [0.25, 0.3) is 0 Å². The zero-order valence-electron chi connectivity index (χ0n) is 10.3. The Hall–Kier alpha value is -1.88. The summed E-state index contributed by atoms with van der Waals surface area (Å²) in [7, 11) is 0. The fourth-order valence-corrected chi connectivity index (χ4v) is 1.80. The van der Waals surface area contributed by atoms with Gasteiger partial charge in [0.05, 0.1) is 5.69 Å². The first-order chi connectivity index (χ1) is 8.81. The van der Waals surface area contributed by atoms with Crippen molar-refractivity contribution in [1.29, 1.82) is 0 Å². The first-order valence-electron chi connectivity index (χ1n) is 6.15. The highest BCUT2D eigenvalue weighted by Gasteiger charge is 2.20. The lowest BCUT2D eigenvalue weighted by atomic mass is 10.3. The van der Waals surface area contributed by atoms with E-state index < -0.39 is 0 Å². The Morgan fingerprint density at radius 2 is 2.22 bits per heavy atom. The molecule has 2 aromatic rings. The lowest BCUT2D eigenvalue weighted by molar-refractivity contribution is 0.672. The molecule has 0 atom stereocenters. The molecule has 1 aliphatic rings. The molecule has 1 saturated carbocycles. The van der Waals surface area contributed by atoms with Crippen LogP contribution < -0.4 is 5.32 Å². The SMILES string of the molecule is Cc1cc(CNC2CC2)nc(-c2ccncn2)n1. The third-order valence-corrected chi connectivity index (χ3v) is 2.87. The number of hydrogen-bond acceptors (Lipinski definition) is 5. The predicted molar refractivity (Wildman–Crippen MR) is 67.7 cm³/mol. The summed E-state index contributed by atoms with van der Waals surface area (Å²) in [5.41, 5.74) is 2.75. The van der Waals surface area contributed by atoms with Crippen molar-refractivity contribution in [3.8, 4) is 11.5 Å². The maximum atomic E-state index is 4.54. The molecule has 92 valence electrons. The highest BCUT2D eigenvalue weighted by atomic mass is 15.0. The minimum Gasteiger partial charge on any atom is -0.308 e. The number of nitrogens with zero attached hydrogens (tertiary/aromatic N) is 4. The van der Waals surface area contributed by atoms with Gasteiger partial charge in [0.15, 0.2) is 5.82 Å². The van der Waals surface area contributed by atoms with Gasteiger partial charge >= 0.3 is 0 Å². The molecule has 0 saturated heterocycles. The first kappa shape index (κ1) is 11.2. The van der Waals surface area contributed by atoms with Crippen LogP contribution in [0.1, 0.15) is 24.2 Å². The molecule has 5 nitrogen and oxygen atoms in total. The average Bonchev–Trinajstić information content (AvgIpc) is 3.21. The molecule has 0 aromatic carbocycles. The third-order valence-electron chi connectivity index (χ3n) is 2.87. The van der Waals surface area contributed by atoms with Crippen molar-refractivity contribution in [2.75, 3.05) is 0 Å². The summed E-state index contributed by atoms with van der Waals surface area (Å²) in [6.45, 7) is 2.78. The summed E-state index contributed by atoms with van der Waals surface area (Å²) in [5.74, 6) is 0.671. The normalized spacial score (nSPS) is 14.7. The van der Waals surface area contributed by atoms with Crippen molar-refractivity contribution in [2.24, 2.45) is 0 Å². The van der Waals surface area contributed by atoms with Crippen LogP contribution in [0.4, 0.5) is 0 Å². The lowest BCUT2D eigenvalue weighted by Crippen LogP contribution is -2.16. The van der Waals surface area contributed by atoms with Gasteiger partial charge in [0.2, 0.25) is 0 Å². The monoisotopic (exact) mass is 241 g/mol. The maximum absolute atomic E-state index is 4.54. The van der Waals surface area contributed by atoms with Gasteiger partial charge in [0.1, 0.15) is 12.0 Å². The third kappa shape index (κ3) is 2.68. The molecule has 2 aromatic heterocycles. The van der Waals surface area contributed by atoms with E-state index in [0.717, 1.165) is 23.6 Å². The van der Waals surface area contributed by atoms with Crippen molar-refractivity contribution in [3.05, 3.63) is 36.0 Å². The van der Waals surface area contributed by atoms with Crippen molar-refractivity contribution < 1.29 is 0 Å². The zero-order valence-corrected chi connectivity index (χ0v) is 10.3. The Bertz CT molecular complexity index is 536. The van der Waals surface area contributed by atoms with Crippen LogP contribution >= 0.6 is 0 Å². The van der Waals surface area contributed by atoms with E-state index in [1.54, 1.807) is 6.20 Å². The summed E-state index contributed by atoms with van der Waals surface area (Å²) in [6.07, 6.45) is 5.78. The quantitative estimate of drug-likeness (QED) is 0.878. The second-order valence-corrected chi connectivity index (χ2v) is 4.57. The van der Waals surface area contributed by atoms with Crippen molar-refractivity contribution >= 4 is 0 Å². The van der Waals surface area contributed by atoms with Crippen LogP contribution in [0.3, 0.4) is 0 Å². The van der Waals surface area contributed by atoms with E-state index >= 15 is 0 Å². The molecular formula is C13H15N5. The van der Waals surface area contributed by atoms with Crippen LogP contribution in [-0.4, -0.2) is 26.0 Å². The van der Waals surface area contributed by atoms with E-state index in [1.807, 2.05) is 19.1 Å². The Labute approximate surface area is 106 Å². The minimum absolute atomic E-state index is 0.671. The van der Waals surface area contributed by atoms with Crippen LogP contribution in [0.25, 0.3) is 11.5 Å². The van der Waals surface area contributed by atoms with Gasteiger partial charge in [-0.05, 0) is 31.9 Å². The Morgan fingerprint density at radius 3 is 2.94 bits per heavy atom. The van der Waals surface area contributed by atoms with Crippen LogP contribution in [0, 0.1) is 6.92 Å². The number of hydrogen-bond donors (Lipinski definition) is 1. The van der Waals surface area contributed by atoms with Gasteiger partial charge in [0, 0.05) is 24.5 Å². The smallest absolute Gasteiger partial charge is 0.178 e. The van der Waals surface area contributed by atoms with Gasteiger partial charge in [-0.25, -0.2) is 19.9 Å². The standard InChI is InChI=1S/C13H15N5/c1-9-6-11(7-15-10-2-3-10)18-13(17-9)12-4-5-14-8-16-12/h4-6,8,10,15H,2-3,7H2,1H3. The molecule has 2 heterocycles. The molecule has 18 heavy (non-hydrogen) atoms. The average molecular weight is 241 g/mol. The molecule has 0 spiro atoms. The summed E-state index contributed by atoms with van der Waals surface area (Å²) in [5, 5.41) is 3.46. The number of aryl methyl sites for hydroxylation is 1. The number of rotatable bonds is 4. The van der Waals surface area contributed by atoms with Gasteiger partial charge in [-0.2, -0.15) is 0 Å². The molecule has 0 amide bonds. The molecule has 1 N–H and O–H groups in total. The largest absolute Gasteiger partial charge is 0.308 e. The van der Waals surface area contributed by atoms with E-state index in [-0.39, 0.29) is 0 Å². The predicted octanol–water partition coefficient (Wildman–Crippen LogP) is 1.49. The summed E-state index contributed by atoms with van der Waals surface area (Å²) < 4.78 is 0. The Morgan fingerprint density at radius 1 is 1.33 bits per heavy atom. The Kier molecular flexibility index (Phi) is 2.98. The number of nitrogens with one attached hydrogen (secondary N) is 1.